The van der Waals surface area contributed by atoms with Gasteiger partial charge in [0.1, 0.15) is 0 Å². The number of rotatable bonds is 1. The van der Waals surface area contributed by atoms with E-state index >= 15 is 0 Å². The molecule has 1 fully saturated rings. The molecular weight excluding hydrogens is 283 g/mol. The molecule has 0 unspecified atom stereocenters. The van der Waals surface area contributed by atoms with E-state index in [4.69, 9.17) is 0 Å². The molecule has 0 N–H and O–H groups in total. The van der Waals surface area contributed by atoms with Gasteiger partial charge in [-0.3, -0.25) is 0 Å². The van der Waals surface area contributed by atoms with Crippen LogP contribution in [-0.4, -0.2) is 11.3 Å². The van der Waals surface area contributed by atoms with Crippen molar-refractivity contribution in [2.75, 3.05) is 0 Å². The maximum atomic E-state index is 2.48. The molecule has 0 bridgehead atoms. The zero-order valence-corrected chi connectivity index (χ0v) is 14.3. The number of hydrogen-bond acceptors (Lipinski definition) is 0. The van der Waals surface area contributed by atoms with Gasteiger partial charge in [-0.2, -0.15) is 0 Å². The van der Waals surface area contributed by atoms with E-state index in [9.17, 15) is 0 Å². The molecule has 1 heteroatoms. The first-order chi connectivity index (χ1) is 10.8. The Kier molecular flexibility index (Phi) is 3.66. The third-order valence-corrected chi connectivity index (χ3v) is 9.05. The summed E-state index contributed by atoms with van der Waals surface area (Å²) in [7, 11) is -0.0159. The van der Waals surface area contributed by atoms with E-state index in [0.717, 1.165) is 11.3 Å². The van der Waals surface area contributed by atoms with Crippen LogP contribution < -0.4 is 0 Å². The van der Waals surface area contributed by atoms with Gasteiger partial charge in [0.2, 0.25) is 0 Å². The van der Waals surface area contributed by atoms with Crippen LogP contribution in [0.25, 0.3) is 12.2 Å². The maximum Gasteiger partial charge on any atom is 0.0308 e. The van der Waals surface area contributed by atoms with Gasteiger partial charge in [0, 0.05) is 5.66 Å². The summed E-state index contributed by atoms with van der Waals surface area (Å²) in [5.41, 5.74) is 8.27. The number of benzene rings is 2. The van der Waals surface area contributed by atoms with Crippen LogP contribution >= 0.6 is 7.92 Å². The van der Waals surface area contributed by atoms with Gasteiger partial charge in [-0.1, -0.05) is 82.5 Å². The first kappa shape index (κ1) is 14.2. The van der Waals surface area contributed by atoms with Crippen LogP contribution in [0.15, 0.2) is 48.5 Å². The molecule has 2 aromatic carbocycles. The third kappa shape index (κ3) is 2.25. The largest absolute Gasteiger partial charge is 0.0885 e. The Morgan fingerprint density at radius 1 is 0.727 bits per heavy atom. The second-order valence-electron chi connectivity index (χ2n) is 6.72. The molecule has 2 aromatic rings. The van der Waals surface area contributed by atoms with Crippen molar-refractivity contribution in [3.05, 3.63) is 70.8 Å². The first-order valence-corrected chi connectivity index (χ1v) is 9.94. The average molecular weight is 306 g/mol. The van der Waals surface area contributed by atoms with Crippen molar-refractivity contribution in [1.82, 2.24) is 0 Å². The lowest BCUT2D eigenvalue weighted by molar-refractivity contribution is 0.777. The Morgan fingerprint density at radius 3 is 1.68 bits per heavy atom. The smallest absolute Gasteiger partial charge is 0.0308 e. The zero-order chi connectivity index (χ0) is 15.1. The van der Waals surface area contributed by atoms with Gasteiger partial charge in [0.15, 0.2) is 0 Å². The molecule has 0 nitrogen and oxygen atoms in total. The summed E-state index contributed by atoms with van der Waals surface area (Å²) >= 11 is 0. The van der Waals surface area contributed by atoms with Crippen molar-refractivity contribution in [3.8, 4) is 0 Å². The topological polar surface area (TPSA) is 0 Å². The van der Waals surface area contributed by atoms with Crippen LogP contribution in [-0.2, 0) is 0 Å². The van der Waals surface area contributed by atoms with Crippen LogP contribution in [0, 0.1) is 0 Å². The van der Waals surface area contributed by atoms with Crippen molar-refractivity contribution in [3.63, 3.8) is 0 Å². The molecule has 0 radical (unpaired) electrons. The SMILES string of the molecule is C[C@@H]1CC[C@@H](C)P1C1c2ccccc2C=Cc2ccccc21. The van der Waals surface area contributed by atoms with Crippen LogP contribution in [0.5, 0.6) is 0 Å². The summed E-state index contributed by atoms with van der Waals surface area (Å²) in [6.07, 6.45) is 7.44. The zero-order valence-electron chi connectivity index (χ0n) is 13.4. The highest BCUT2D eigenvalue weighted by Crippen LogP contribution is 2.67. The molecule has 0 saturated carbocycles. The van der Waals surface area contributed by atoms with E-state index in [1.54, 1.807) is 11.1 Å². The Balaban J connectivity index is 1.94. The van der Waals surface area contributed by atoms with E-state index < -0.39 is 0 Å². The van der Waals surface area contributed by atoms with Gasteiger partial charge in [-0.25, -0.2) is 0 Å². The Bertz CT molecular complexity index is 656. The molecule has 2 aliphatic rings. The number of hydrogen-bond donors (Lipinski definition) is 0. The summed E-state index contributed by atoms with van der Waals surface area (Å²) in [5.74, 6) is 0. The van der Waals surface area contributed by atoms with E-state index in [0.29, 0.717) is 5.66 Å². The summed E-state index contributed by atoms with van der Waals surface area (Å²) in [6.45, 7) is 4.97. The fraction of sp³-hybridized carbons (Fsp3) is 0.333. The minimum atomic E-state index is -0.0159. The van der Waals surface area contributed by atoms with Crippen molar-refractivity contribution >= 4 is 20.1 Å². The molecule has 0 aromatic heterocycles. The second kappa shape index (κ2) is 5.67. The predicted molar refractivity (Wildman–Crippen MR) is 98.7 cm³/mol. The molecule has 4 rings (SSSR count). The van der Waals surface area contributed by atoms with Crippen molar-refractivity contribution in [1.29, 1.82) is 0 Å². The lowest BCUT2D eigenvalue weighted by atomic mass is 9.99. The molecule has 22 heavy (non-hydrogen) atoms. The van der Waals surface area contributed by atoms with Crippen LogP contribution in [0.1, 0.15) is 54.6 Å². The molecule has 1 saturated heterocycles. The van der Waals surface area contributed by atoms with E-state index in [1.807, 2.05) is 0 Å². The Labute approximate surface area is 135 Å². The van der Waals surface area contributed by atoms with E-state index in [1.165, 1.54) is 24.0 Å². The van der Waals surface area contributed by atoms with Gasteiger partial charge < -0.3 is 0 Å². The van der Waals surface area contributed by atoms with Crippen LogP contribution in [0.4, 0.5) is 0 Å². The summed E-state index contributed by atoms with van der Waals surface area (Å²) in [5, 5.41) is 0. The standard InChI is InChI=1S/C21H23P/c1-15-11-12-16(2)22(15)21-19-9-5-3-7-17(19)13-14-18-8-4-6-10-20(18)21/h3-10,13-16,21H,11-12H2,1-2H3/t15-,16-/m1/s1. The lowest BCUT2D eigenvalue weighted by Gasteiger charge is -2.33. The monoisotopic (exact) mass is 306 g/mol. The highest BCUT2D eigenvalue weighted by molar-refractivity contribution is 7.60. The van der Waals surface area contributed by atoms with Crippen LogP contribution in [0.3, 0.4) is 0 Å². The Hall–Kier alpha value is -1.39. The minimum Gasteiger partial charge on any atom is -0.0885 e. The summed E-state index contributed by atoms with van der Waals surface area (Å²) in [6, 6.07) is 18.1. The van der Waals surface area contributed by atoms with Gasteiger partial charge in [0.25, 0.3) is 0 Å². The van der Waals surface area contributed by atoms with Gasteiger partial charge >= 0.3 is 0 Å². The van der Waals surface area contributed by atoms with E-state index in [-0.39, 0.29) is 7.92 Å². The molecule has 1 heterocycles. The normalized spacial score (nSPS) is 24.8. The molecule has 2 atom stereocenters. The minimum absolute atomic E-state index is 0.0159. The molecule has 112 valence electrons. The highest BCUT2D eigenvalue weighted by atomic mass is 31.1. The molecular formula is C21H23P. The van der Waals surface area contributed by atoms with Crippen molar-refractivity contribution in [2.45, 2.75) is 43.7 Å². The fourth-order valence-corrected chi connectivity index (χ4v) is 8.11. The predicted octanol–water partition coefficient (Wildman–Crippen LogP) is 6.31. The van der Waals surface area contributed by atoms with Crippen molar-refractivity contribution < 1.29 is 0 Å². The highest BCUT2D eigenvalue weighted by Gasteiger charge is 2.38. The summed E-state index contributed by atoms with van der Waals surface area (Å²) < 4.78 is 0. The van der Waals surface area contributed by atoms with Gasteiger partial charge in [-0.05, 0) is 46.4 Å². The van der Waals surface area contributed by atoms with Gasteiger partial charge in [0.05, 0.1) is 0 Å². The molecule has 1 aliphatic carbocycles. The first-order valence-electron chi connectivity index (χ1n) is 8.39. The van der Waals surface area contributed by atoms with E-state index in [2.05, 4.69) is 74.5 Å². The fourth-order valence-electron chi connectivity index (χ4n) is 4.22. The maximum absolute atomic E-state index is 2.48. The molecule has 1 aliphatic heterocycles. The van der Waals surface area contributed by atoms with Crippen molar-refractivity contribution in [2.24, 2.45) is 0 Å². The molecule has 0 amide bonds. The third-order valence-electron chi connectivity index (χ3n) is 5.34. The summed E-state index contributed by atoms with van der Waals surface area (Å²) in [4.78, 5) is 0. The molecule has 0 spiro atoms. The van der Waals surface area contributed by atoms with Crippen LogP contribution in [0.2, 0.25) is 0 Å². The second-order valence-corrected chi connectivity index (χ2v) is 9.89. The quantitative estimate of drug-likeness (QED) is 0.541. The number of fused-ring (bicyclic) bond motifs is 2. The van der Waals surface area contributed by atoms with Gasteiger partial charge in [-0.15, -0.1) is 0 Å². The Morgan fingerprint density at radius 2 is 1.18 bits per heavy atom. The average Bonchev–Trinajstić information content (AvgIpc) is 2.79. The lowest BCUT2D eigenvalue weighted by Crippen LogP contribution is -2.10.